The van der Waals surface area contributed by atoms with Crippen LogP contribution in [0.5, 0.6) is 0 Å². The quantitative estimate of drug-likeness (QED) is 0.814. The van der Waals surface area contributed by atoms with E-state index in [9.17, 15) is 8.42 Å². The summed E-state index contributed by atoms with van der Waals surface area (Å²) in [6.07, 6.45) is 2.34. The van der Waals surface area contributed by atoms with Gasteiger partial charge in [0, 0.05) is 13.3 Å². The zero-order valence-corrected chi connectivity index (χ0v) is 10.2. The lowest BCUT2D eigenvalue weighted by Gasteiger charge is -2.19. The normalized spacial score (nSPS) is 15.8. The van der Waals surface area contributed by atoms with Gasteiger partial charge in [-0.25, -0.2) is 13.6 Å². The van der Waals surface area contributed by atoms with Crippen LogP contribution >= 0.6 is 0 Å². The Morgan fingerprint density at radius 1 is 1.38 bits per heavy atom. The number of aromatic nitrogens is 2. The van der Waals surface area contributed by atoms with Gasteiger partial charge >= 0.3 is 0 Å². The van der Waals surface area contributed by atoms with E-state index in [2.05, 4.69) is 9.97 Å². The Kier molecular flexibility index (Phi) is 3.95. The van der Waals surface area contributed by atoms with Crippen molar-refractivity contribution in [1.82, 2.24) is 9.97 Å². The molecule has 0 bridgehead atoms. The summed E-state index contributed by atoms with van der Waals surface area (Å²) in [7, 11) is -2.25. The molecule has 16 heavy (non-hydrogen) atoms. The highest BCUT2D eigenvalue weighted by Crippen LogP contribution is 2.21. The molecule has 0 spiro atoms. The van der Waals surface area contributed by atoms with Crippen LogP contribution in [-0.4, -0.2) is 30.7 Å². The average Bonchev–Trinajstić information content (AvgIpc) is 2.20. The Morgan fingerprint density at radius 3 is 2.38 bits per heavy atom. The summed E-state index contributed by atoms with van der Waals surface area (Å²) in [5.74, 6) is 0. The van der Waals surface area contributed by atoms with Gasteiger partial charge in [-0.2, -0.15) is 0 Å². The van der Waals surface area contributed by atoms with E-state index in [-0.39, 0.29) is 0 Å². The van der Waals surface area contributed by atoms with Crippen molar-refractivity contribution in [2.45, 2.75) is 25.2 Å². The van der Waals surface area contributed by atoms with Crippen molar-refractivity contribution < 1.29 is 13.2 Å². The summed E-state index contributed by atoms with van der Waals surface area (Å²) in [6, 6.07) is 0. The molecule has 0 aliphatic heterocycles. The Balaban J connectivity index is 3.03. The van der Waals surface area contributed by atoms with E-state index in [1.165, 1.54) is 20.2 Å². The van der Waals surface area contributed by atoms with Crippen LogP contribution in [0.1, 0.15) is 24.4 Å². The first-order chi connectivity index (χ1) is 7.36. The van der Waals surface area contributed by atoms with E-state index in [4.69, 9.17) is 9.88 Å². The summed E-state index contributed by atoms with van der Waals surface area (Å²) < 4.78 is 27.5. The fourth-order valence-corrected chi connectivity index (χ4v) is 1.87. The highest BCUT2D eigenvalue weighted by atomic mass is 32.2. The monoisotopic (exact) mass is 245 g/mol. The smallest absolute Gasteiger partial charge is 0.214 e. The molecule has 0 aromatic carbocycles. The Hall–Kier alpha value is -1.05. The number of nitrogens with zero attached hydrogens (tertiary/aromatic N) is 2. The molecule has 0 fully saturated rings. The van der Waals surface area contributed by atoms with Crippen LogP contribution in [-0.2, 0) is 14.8 Å². The molecule has 0 unspecified atom stereocenters. The van der Waals surface area contributed by atoms with Gasteiger partial charge in [-0.15, -0.1) is 0 Å². The van der Waals surface area contributed by atoms with Crippen LogP contribution in [0.3, 0.4) is 0 Å². The number of ether oxygens (including phenoxy) is 1. The first-order valence-corrected chi connectivity index (χ1v) is 6.30. The van der Waals surface area contributed by atoms with Crippen LogP contribution in [0.15, 0.2) is 12.4 Å². The van der Waals surface area contributed by atoms with Gasteiger partial charge in [0.25, 0.3) is 0 Å². The van der Waals surface area contributed by atoms with Crippen LogP contribution in [0.2, 0.25) is 0 Å². The molecule has 1 aromatic heterocycles. The van der Waals surface area contributed by atoms with E-state index in [0.29, 0.717) is 5.69 Å². The lowest BCUT2D eigenvalue weighted by atomic mass is 10.2. The van der Waals surface area contributed by atoms with Gasteiger partial charge in [0.15, 0.2) is 0 Å². The van der Waals surface area contributed by atoms with Crippen molar-refractivity contribution in [3.8, 4) is 0 Å². The van der Waals surface area contributed by atoms with Crippen molar-refractivity contribution in [1.29, 1.82) is 0 Å². The SMILES string of the molecule is CO[C@H](c1cnc(C)cn1)[C@H](C)S(N)(=O)=O. The van der Waals surface area contributed by atoms with Gasteiger partial charge in [0.05, 0.1) is 17.6 Å². The van der Waals surface area contributed by atoms with Crippen LogP contribution < -0.4 is 5.14 Å². The molecule has 90 valence electrons. The van der Waals surface area contributed by atoms with Crippen molar-refractivity contribution in [2.75, 3.05) is 7.11 Å². The Morgan fingerprint density at radius 2 is 2.00 bits per heavy atom. The maximum atomic E-state index is 11.2. The second kappa shape index (κ2) is 4.86. The molecule has 1 rings (SSSR count). The summed E-state index contributed by atoms with van der Waals surface area (Å²) in [4.78, 5) is 8.11. The average molecular weight is 245 g/mol. The van der Waals surface area contributed by atoms with Crippen molar-refractivity contribution in [2.24, 2.45) is 5.14 Å². The maximum Gasteiger partial charge on any atom is 0.214 e. The Bertz CT molecular complexity index is 444. The number of methoxy groups -OCH3 is 1. The van der Waals surface area contributed by atoms with Crippen LogP contribution in [0.25, 0.3) is 0 Å². The number of hydrogen-bond donors (Lipinski definition) is 1. The van der Waals surface area contributed by atoms with Gasteiger partial charge in [0.1, 0.15) is 11.4 Å². The minimum Gasteiger partial charge on any atom is -0.374 e. The van der Waals surface area contributed by atoms with Crippen molar-refractivity contribution in [3.63, 3.8) is 0 Å². The lowest BCUT2D eigenvalue weighted by Crippen LogP contribution is -2.32. The van der Waals surface area contributed by atoms with Gasteiger partial charge in [-0.05, 0) is 13.8 Å². The van der Waals surface area contributed by atoms with Crippen LogP contribution in [0, 0.1) is 6.92 Å². The van der Waals surface area contributed by atoms with Gasteiger partial charge in [-0.3, -0.25) is 9.97 Å². The zero-order valence-electron chi connectivity index (χ0n) is 9.41. The second-order valence-corrected chi connectivity index (χ2v) is 5.45. The molecule has 0 aliphatic carbocycles. The summed E-state index contributed by atoms with van der Waals surface area (Å²) >= 11 is 0. The van der Waals surface area contributed by atoms with E-state index in [1.54, 1.807) is 13.1 Å². The molecule has 7 heteroatoms. The van der Waals surface area contributed by atoms with E-state index in [1.807, 2.05) is 0 Å². The molecule has 0 saturated heterocycles. The molecule has 0 radical (unpaired) electrons. The number of primary sulfonamides is 1. The largest absolute Gasteiger partial charge is 0.374 e. The van der Waals surface area contributed by atoms with Gasteiger partial charge in [-0.1, -0.05) is 0 Å². The molecule has 2 N–H and O–H groups in total. The maximum absolute atomic E-state index is 11.2. The minimum atomic E-state index is -3.67. The number of sulfonamides is 1. The molecule has 1 heterocycles. The fraction of sp³-hybridized carbons (Fsp3) is 0.556. The topological polar surface area (TPSA) is 95.2 Å². The molecule has 6 nitrogen and oxygen atoms in total. The van der Waals surface area contributed by atoms with E-state index in [0.717, 1.165) is 5.69 Å². The van der Waals surface area contributed by atoms with E-state index < -0.39 is 21.4 Å². The molecule has 1 aromatic rings. The fourth-order valence-electron chi connectivity index (χ4n) is 1.27. The molecule has 0 amide bonds. The predicted octanol–water partition coefficient (Wildman–Crippen LogP) is 0.150. The molecular weight excluding hydrogens is 230 g/mol. The molecular formula is C9H15N3O3S. The highest BCUT2D eigenvalue weighted by molar-refractivity contribution is 7.89. The van der Waals surface area contributed by atoms with E-state index >= 15 is 0 Å². The minimum absolute atomic E-state index is 0.453. The third kappa shape index (κ3) is 2.97. The van der Waals surface area contributed by atoms with Crippen LogP contribution in [0.4, 0.5) is 0 Å². The molecule has 0 aliphatic rings. The summed E-state index contributed by atoms with van der Waals surface area (Å²) in [6.45, 7) is 3.27. The van der Waals surface area contributed by atoms with Crippen molar-refractivity contribution >= 4 is 10.0 Å². The third-order valence-electron chi connectivity index (χ3n) is 2.29. The standard InChI is InChI=1S/C9H15N3O3S/c1-6-4-12-8(5-11-6)9(15-3)7(2)16(10,13)14/h4-5,7,9H,1-3H3,(H2,10,13,14)/t7-,9-/m0/s1. The number of rotatable bonds is 4. The van der Waals surface area contributed by atoms with Gasteiger partial charge in [0.2, 0.25) is 10.0 Å². The Labute approximate surface area is 94.9 Å². The number of hydrogen-bond acceptors (Lipinski definition) is 5. The zero-order chi connectivity index (χ0) is 12.3. The second-order valence-electron chi connectivity index (χ2n) is 3.53. The third-order valence-corrected chi connectivity index (χ3v) is 3.57. The molecule has 2 atom stereocenters. The number of nitrogens with two attached hydrogens (primary N) is 1. The lowest BCUT2D eigenvalue weighted by molar-refractivity contribution is 0.0984. The molecule has 0 saturated carbocycles. The predicted molar refractivity (Wildman–Crippen MR) is 59.1 cm³/mol. The first kappa shape index (κ1) is 13.0. The first-order valence-electron chi connectivity index (χ1n) is 4.69. The van der Waals surface area contributed by atoms with Gasteiger partial charge < -0.3 is 4.74 Å². The number of aryl methyl sites for hydroxylation is 1. The highest BCUT2D eigenvalue weighted by Gasteiger charge is 2.29. The summed E-state index contributed by atoms with van der Waals surface area (Å²) in [5, 5.41) is 4.20. The van der Waals surface area contributed by atoms with Crippen molar-refractivity contribution in [3.05, 3.63) is 23.8 Å². The summed E-state index contributed by atoms with van der Waals surface area (Å²) in [5.41, 5.74) is 1.21.